The molecule has 3 heteroatoms. The SMILES string of the molecule is [SiH2]O[Si](C1CCCC1)(C1CCCC1)C1CCCC1. The summed E-state index contributed by atoms with van der Waals surface area (Å²) in [6.45, 7) is 0. The molecule has 3 saturated carbocycles. The van der Waals surface area contributed by atoms with Gasteiger partial charge in [0.25, 0.3) is 0 Å². The van der Waals surface area contributed by atoms with Gasteiger partial charge in [0.1, 0.15) is 0 Å². The van der Waals surface area contributed by atoms with E-state index in [0.29, 0.717) is 0 Å². The van der Waals surface area contributed by atoms with Crippen LogP contribution in [0.2, 0.25) is 16.6 Å². The topological polar surface area (TPSA) is 9.23 Å². The van der Waals surface area contributed by atoms with Gasteiger partial charge in [-0.2, -0.15) is 0 Å². The first-order valence-electron chi connectivity index (χ1n) is 8.31. The summed E-state index contributed by atoms with van der Waals surface area (Å²) < 4.78 is 6.56. The molecule has 0 aromatic carbocycles. The van der Waals surface area contributed by atoms with Gasteiger partial charge < -0.3 is 4.12 Å². The molecule has 0 bridgehead atoms. The molecule has 1 nitrogen and oxygen atoms in total. The first-order chi connectivity index (χ1) is 8.88. The van der Waals surface area contributed by atoms with Gasteiger partial charge in [0, 0.05) is 0 Å². The Morgan fingerprint density at radius 2 is 0.889 bits per heavy atom. The van der Waals surface area contributed by atoms with Gasteiger partial charge in [0.05, 0.1) is 0 Å². The third kappa shape index (κ3) is 2.16. The maximum absolute atomic E-state index is 6.56. The van der Waals surface area contributed by atoms with E-state index >= 15 is 0 Å². The van der Waals surface area contributed by atoms with E-state index in [1.807, 2.05) is 10.5 Å². The largest absolute Gasteiger partial charge is 0.460 e. The lowest BCUT2D eigenvalue weighted by Gasteiger charge is -2.45. The summed E-state index contributed by atoms with van der Waals surface area (Å²) in [4.78, 5) is 0. The molecule has 0 aromatic heterocycles. The molecule has 0 spiro atoms. The molecular weight excluding hydrogens is 252 g/mol. The van der Waals surface area contributed by atoms with E-state index in [4.69, 9.17) is 4.12 Å². The van der Waals surface area contributed by atoms with Gasteiger partial charge in [-0.05, 0) is 16.6 Å². The van der Waals surface area contributed by atoms with Gasteiger partial charge in [-0.15, -0.1) is 0 Å². The minimum absolute atomic E-state index is 1.03. The Kier molecular flexibility index (Phi) is 4.31. The van der Waals surface area contributed by atoms with Crippen molar-refractivity contribution in [1.29, 1.82) is 0 Å². The summed E-state index contributed by atoms with van der Waals surface area (Å²) in [6.07, 6.45) is 18.0. The molecule has 0 heterocycles. The van der Waals surface area contributed by atoms with Gasteiger partial charge in [-0.3, -0.25) is 0 Å². The molecule has 18 heavy (non-hydrogen) atoms. The molecule has 3 aliphatic carbocycles. The van der Waals surface area contributed by atoms with Crippen molar-refractivity contribution in [3.8, 4) is 0 Å². The minimum Gasteiger partial charge on any atom is -0.460 e. The first-order valence-corrected chi connectivity index (χ1v) is 11.0. The van der Waals surface area contributed by atoms with E-state index in [0.717, 1.165) is 16.6 Å². The Bertz CT molecular complexity index is 223. The minimum atomic E-state index is -1.46. The predicted octanol–water partition coefficient (Wildman–Crippen LogP) is 4.33. The summed E-state index contributed by atoms with van der Waals surface area (Å²) in [7, 11) is 0.423. The van der Waals surface area contributed by atoms with E-state index in [2.05, 4.69) is 0 Å². The molecular formula is C15H29OSi2. The highest BCUT2D eigenvalue weighted by Gasteiger charge is 2.54. The van der Waals surface area contributed by atoms with E-state index in [1.54, 1.807) is 0 Å². The van der Waals surface area contributed by atoms with Crippen LogP contribution in [0.25, 0.3) is 0 Å². The summed E-state index contributed by atoms with van der Waals surface area (Å²) in [5, 5.41) is 0. The highest BCUT2D eigenvalue weighted by atomic mass is 28.4. The Balaban J connectivity index is 1.87. The first kappa shape index (κ1) is 13.4. The Morgan fingerprint density at radius 1 is 0.611 bits per heavy atom. The van der Waals surface area contributed by atoms with Gasteiger partial charge in [0.15, 0.2) is 18.8 Å². The van der Waals surface area contributed by atoms with E-state index in [-0.39, 0.29) is 0 Å². The van der Waals surface area contributed by atoms with Gasteiger partial charge in [0.2, 0.25) is 0 Å². The number of hydrogen-bond acceptors (Lipinski definition) is 1. The fourth-order valence-corrected chi connectivity index (χ4v) is 14.2. The van der Waals surface area contributed by atoms with Crippen molar-refractivity contribution in [2.45, 2.75) is 93.7 Å². The predicted molar refractivity (Wildman–Crippen MR) is 82.0 cm³/mol. The molecule has 1 radical (unpaired) electrons. The molecule has 0 atom stereocenters. The molecule has 0 aliphatic heterocycles. The van der Waals surface area contributed by atoms with Crippen molar-refractivity contribution in [2.75, 3.05) is 0 Å². The van der Waals surface area contributed by atoms with E-state index < -0.39 is 8.32 Å². The van der Waals surface area contributed by atoms with Crippen LogP contribution in [0.4, 0.5) is 0 Å². The van der Waals surface area contributed by atoms with Gasteiger partial charge in [-0.25, -0.2) is 0 Å². The monoisotopic (exact) mass is 281 g/mol. The van der Waals surface area contributed by atoms with Crippen LogP contribution < -0.4 is 0 Å². The van der Waals surface area contributed by atoms with Crippen LogP contribution in [0, 0.1) is 0 Å². The molecule has 103 valence electrons. The highest BCUT2D eigenvalue weighted by molar-refractivity contribution is 6.80. The molecule has 0 unspecified atom stereocenters. The second-order valence-electron chi connectivity index (χ2n) is 6.94. The fraction of sp³-hybridized carbons (Fsp3) is 1.00. The van der Waals surface area contributed by atoms with Crippen LogP contribution >= 0.6 is 0 Å². The quantitative estimate of drug-likeness (QED) is 0.697. The average Bonchev–Trinajstić information content (AvgIpc) is 3.16. The Morgan fingerprint density at radius 3 is 1.11 bits per heavy atom. The molecule has 0 amide bonds. The fourth-order valence-electron chi connectivity index (χ4n) is 5.48. The van der Waals surface area contributed by atoms with Crippen LogP contribution in [0.15, 0.2) is 0 Å². The van der Waals surface area contributed by atoms with Crippen LogP contribution in [0.5, 0.6) is 0 Å². The Labute approximate surface area is 117 Å². The zero-order chi connectivity index (χ0) is 12.4. The smallest absolute Gasteiger partial charge is 0.188 e. The summed E-state index contributed by atoms with van der Waals surface area (Å²) >= 11 is 0. The van der Waals surface area contributed by atoms with Crippen molar-refractivity contribution in [2.24, 2.45) is 0 Å². The molecule has 3 fully saturated rings. The third-order valence-electron chi connectivity index (χ3n) is 6.23. The average molecular weight is 282 g/mol. The van der Waals surface area contributed by atoms with Crippen LogP contribution in [0.3, 0.4) is 0 Å². The van der Waals surface area contributed by atoms with Crippen molar-refractivity contribution in [3.05, 3.63) is 0 Å². The van der Waals surface area contributed by atoms with Crippen molar-refractivity contribution in [1.82, 2.24) is 0 Å². The van der Waals surface area contributed by atoms with Gasteiger partial charge >= 0.3 is 0 Å². The van der Waals surface area contributed by atoms with Crippen LogP contribution in [-0.4, -0.2) is 18.8 Å². The summed E-state index contributed by atoms with van der Waals surface area (Å²) in [6, 6.07) is 0. The second kappa shape index (κ2) is 5.80. The van der Waals surface area contributed by atoms with Crippen molar-refractivity contribution < 1.29 is 4.12 Å². The van der Waals surface area contributed by atoms with Crippen LogP contribution in [0.1, 0.15) is 77.0 Å². The lowest BCUT2D eigenvalue weighted by Crippen LogP contribution is -2.50. The normalized spacial score (nSPS) is 28.5. The highest BCUT2D eigenvalue weighted by Crippen LogP contribution is 2.58. The zero-order valence-electron chi connectivity index (χ0n) is 11.8. The maximum atomic E-state index is 6.56. The van der Waals surface area contributed by atoms with E-state index in [1.165, 1.54) is 77.0 Å². The lowest BCUT2D eigenvalue weighted by molar-refractivity contribution is 0.477. The molecule has 0 saturated heterocycles. The van der Waals surface area contributed by atoms with Crippen molar-refractivity contribution in [3.63, 3.8) is 0 Å². The summed E-state index contributed by atoms with van der Waals surface area (Å²) in [5.74, 6) is 0. The number of rotatable bonds is 4. The summed E-state index contributed by atoms with van der Waals surface area (Å²) in [5.41, 5.74) is 3.09. The lowest BCUT2D eigenvalue weighted by atomic mass is 10.3. The molecule has 0 N–H and O–H groups in total. The molecule has 0 aromatic rings. The zero-order valence-corrected chi connectivity index (χ0v) is 14.2. The van der Waals surface area contributed by atoms with Crippen LogP contribution in [-0.2, 0) is 4.12 Å². The molecule has 3 aliphatic rings. The third-order valence-corrected chi connectivity index (χ3v) is 13.8. The van der Waals surface area contributed by atoms with E-state index in [9.17, 15) is 0 Å². The number of hydrogen-bond donors (Lipinski definition) is 0. The second-order valence-corrected chi connectivity index (χ2v) is 12.3. The van der Waals surface area contributed by atoms with Gasteiger partial charge in [-0.1, -0.05) is 77.0 Å². The van der Waals surface area contributed by atoms with Crippen molar-refractivity contribution >= 4 is 18.8 Å². The Hall–Kier alpha value is 0.394. The maximum Gasteiger partial charge on any atom is 0.188 e. The molecule has 3 rings (SSSR count). The standard InChI is InChI=1S/C15H29OSi2/c17-16-18(13-7-1-2-8-13,14-9-3-4-10-14)15-11-5-6-12-15/h13-15H,1-12,17H2.